The zero-order valence-corrected chi connectivity index (χ0v) is 36.2. The average molecular weight is 754 g/mol. The first kappa shape index (κ1) is 51.4. The molecule has 0 spiro atoms. The number of unbranched alkanes of at least 4 members (excludes halogenated alkanes) is 26. The monoisotopic (exact) mass is 754 g/mol. The molecule has 0 aliphatic carbocycles. The molecule has 0 fully saturated rings. The lowest BCUT2D eigenvalue weighted by atomic mass is 10.0. The largest absolute Gasteiger partial charge is 0.466 e. The first-order valence-corrected chi connectivity index (χ1v) is 24.1. The number of thioether (sulfide) groups is 1. The number of rotatable bonds is 43. The van der Waals surface area contributed by atoms with Crippen molar-refractivity contribution < 1.29 is 19.4 Å². The smallest absolute Gasteiger partial charge is 0.305 e. The average Bonchev–Trinajstić information content (AvgIpc) is 3.14. The van der Waals surface area contributed by atoms with E-state index < -0.39 is 0 Å². The van der Waals surface area contributed by atoms with E-state index in [4.69, 9.17) is 4.74 Å². The molecule has 0 amide bonds. The van der Waals surface area contributed by atoms with Gasteiger partial charge in [-0.1, -0.05) is 199 Å². The fourth-order valence-electron chi connectivity index (χ4n) is 7.23. The lowest BCUT2D eigenvalue weighted by Crippen LogP contribution is -2.29. The molecule has 0 bridgehead atoms. The Hall–Kier alpha value is -0.590. The molecular weight excluding hydrogens is 663 g/mol. The quantitative estimate of drug-likeness (QED) is 0.0494. The number of nitrogens with zero attached hydrogens (tertiary/aromatic N) is 1. The summed E-state index contributed by atoms with van der Waals surface area (Å²) in [6, 6.07) is 0. The second kappa shape index (κ2) is 43.1. The highest BCUT2D eigenvalue weighted by molar-refractivity contribution is 8.14. The lowest BCUT2D eigenvalue weighted by Gasteiger charge is -2.21. The van der Waals surface area contributed by atoms with Crippen LogP contribution in [0.5, 0.6) is 0 Å². The van der Waals surface area contributed by atoms with Crippen molar-refractivity contribution in [2.75, 3.05) is 32.8 Å². The summed E-state index contributed by atoms with van der Waals surface area (Å²) in [6.07, 6.45) is 42.7. The van der Waals surface area contributed by atoms with E-state index in [0.717, 1.165) is 64.5 Å². The summed E-state index contributed by atoms with van der Waals surface area (Å²) in [7, 11) is 0. The van der Waals surface area contributed by atoms with Gasteiger partial charge in [0, 0.05) is 24.6 Å². The van der Waals surface area contributed by atoms with Crippen LogP contribution in [0.25, 0.3) is 0 Å². The van der Waals surface area contributed by atoms with Crippen LogP contribution in [0.4, 0.5) is 0 Å². The summed E-state index contributed by atoms with van der Waals surface area (Å²) >= 11 is 1.68. The zero-order valence-electron chi connectivity index (χ0n) is 35.4. The van der Waals surface area contributed by atoms with Gasteiger partial charge in [-0.3, -0.25) is 9.59 Å². The predicted molar refractivity (Wildman–Crippen MR) is 229 cm³/mol. The standard InChI is InChI=1S/C46H91NO4S/c1-4-7-10-13-16-19-22-25-34-43-51-45(49)37-30-26-32-39-47(41-42-48)40-33-27-31-38-46(50)52-44(35-28-23-20-17-14-11-8-5-2)36-29-24-21-18-15-12-9-6-3/h44,48H,4-43H2,1-3H3. The number of hydrogen-bond acceptors (Lipinski definition) is 6. The van der Waals surface area contributed by atoms with Crippen LogP contribution >= 0.6 is 11.8 Å². The molecule has 0 aliphatic rings. The number of aliphatic hydroxyl groups is 1. The molecule has 0 aromatic rings. The molecule has 1 N–H and O–H groups in total. The molecule has 0 aromatic heterocycles. The summed E-state index contributed by atoms with van der Waals surface area (Å²) in [6.45, 7) is 10.2. The molecule has 52 heavy (non-hydrogen) atoms. The minimum Gasteiger partial charge on any atom is -0.466 e. The molecule has 310 valence electrons. The number of aliphatic hydroxyl groups excluding tert-OH is 1. The third-order valence-corrected chi connectivity index (χ3v) is 12.0. The highest BCUT2D eigenvalue weighted by Gasteiger charge is 2.15. The van der Waals surface area contributed by atoms with E-state index in [9.17, 15) is 14.7 Å². The summed E-state index contributed by atoms with van der Waals surface area (Å²) in [5.74, 6) is -0.0489. The van der Waals surface area contributed by atoms with Crippen molar-refractivity contribution in [3.8, 4) is 0 Å². The van der Waals surface area contributed by atoms with Crippen molar-refractivity contribution >= 4 is 22.8 Å². The highest BCUT2D eigenvalue weighted by Crippen LogP contribution is 2.27. The predicted octanol–water partition coefficient (Wildman–Crippen LogP) is 14.2. The van der Waals surface area contributed by atoms with E-state index in [1.807, 2.05) is 0 Å². The van der Waals surface area contributed by atoms with Gasteiger partial charge in [-0.2, -0.15) is 0 Å². The topological polar surface area (TPSA) is 66.8 Å². The summed E-state index contributed by atoms with van der Waals surface area (Å²) in [5, 5.41) is 10.5. The van der Waals surface area contributed by atoms with Gasteiger partial charge >= 0.3 is 5.97 Å². The molecule has 0 aromatic carbocycles. The van der Waals surface area contributed by atoms with Gasteiger partial charge in [0.2, 0.25) is 0 Å². The minimum absolute atomic E-state index is 0.0489. The maximum absolute atomic E-state index is 13.0. The SMILES string of the molecule is CCCCCCCCCCCOC(=O)CCCCCN(CCO)CCCCCC(=O)SC(CCCCCCCCCC)CCCCCCCCCC. The Morgan fingerprint density at radius 3 is 1.31 bits per heavy atom. The van der Waals surface area contributed by atoms with Crippen molar-refractivity contribution in [1.82, 2.24) is 4.90 Å². The number of esters is 1. The van der Waals surface area contributed by atoms with Crippen LogP contribution in [0, 0.1) is 0 Å². The van der Waals surface area contributed by atoms with E-state index in [0.29, 0.717) is 36.4 Å². The van der Waals surface area contributed by atoms with Crippen LogP contribution in [0.2, 0.25) is 0 Å². The Morgan fingerprint density at radius 2 is 0.865 bits per heavy atom. The van der Waals surface area contributed by atoms with Crippen molar-refractivity contribution in [3.63, 3.8) is 0 Å². The van der Waals surface area contributed by atoms with Crippen LogP contribution in [0.1, 0.15) is 245 Å². The third kappa shape index (κ3) is 39.1. The fourth-order valence-corrected chi connectivity index (χ4v) is 8.43. The molecule has 0 saturated carbocycles. The van der Waals surface area contributed by atoms with Crippen LogP contribution in [-0.4, -0.2) is 59.2 Å². The molecule has 0 saturated heterocycles. The third-order valence-electron chi connectivity index (χ3n) is 10.7. The van der Waals surface area contributed by atoms with Gasteiger partial charge in [0.05, 0.1) is 13.2 Å². The Morgan fingerprint density at radius 1 is 0.481 bits per heavy atom. The van der Waals surface area contributed by atoms with Gasteiger partial charge in [-0.25, -0.2) is 0 Å². The molecule has 0 unspecified atom stereocenters. The maximum atomic E-state index is 13.0. The molecule has 0 aliphatic heterocycles. The second-order valence-corrected chi connectivity index (χ2v) is 17.2. The van der Waals surface area contributed by atoms with Gasteiger partial charge < -0.3 is 14.7 Å². The van der Waals surface area contributed by atoms with Crippen LogP contribution in [0.3, 0.4) is 0 Å². The van der Waals surface area contributed by atoms with E-state index in [1.165, 1.54) is 161 Å². The maximum Gasteiger partial charge on any atom is 0.305 e. The van der Waals surface area contributed by atoms with Gasteiger partial charge in [-0.05, 0) is 58.0 Å². The van der Waals surface area contributed by atoms with E-state index in [2.05, 4.69) is 25.7 Å². The molecule has 6 heteroatoms. The summed E-state index contributed by atoms with van der Waals surface area (Å²) in [4.78, 5) is 27.5. The number of carbonyl (C=O) groups is 2. The molecule has 0 radical (unpaired) electrons. The molecular formula is C46H91NO4S. The van der Waals surface area contributed by atoms with Crippen LogP contribution in [0.15, 0.2) is 0 Å². The lowest BCUT2D eigenvalue weighted by molar-refractivity contribution is -0.143. The number of hydrogen-bond donors (Lipinski definition) is 1. The van der Waals surface area contributed by atoms with Crippen molar-refractivity contribution in [3.05, 3.63) is 0 Å². The van der Waals surface area contributed by atoms with Gasteiger partial charge in [-0.15, -0.1) is 0 Å². The van der Waals surface area contributed by atoms with Crippen molar-refractivity contribution in [2.45, 2.75) is 251 Å². The van der Waals surface area contributed by atoms with Gasteiger partial charge in [0.1, 0.15) is 0 Å². The number of ether oxygens (including phenoxy) is 1. The van der Waals surface area contributed by atoms with Crippen LogP contribution in [-0.2, 0) is 14.3 Å². The Balaban J connectivity index is 4.12. The Bertz CT molecular complexity index is 715. The first-order chi connectivity index (χ1) is 25.6. The van der Waals surface area contributed by atoms with E-state index in [1.54, 1.807) is 11.8 Å². The molecule has 0 heterocycles. The molecule has 5 nitrogen and oxygen atoms in total. The number of carbonyl (C=O) groups excluding carboxylic acids is 2. The zero-order chi connectivity index (χ0) is 38.0. The van der Waals surface area contributed by atoms with Crippen LogP contribution < -0.4 is 0 Å². The highest BCUT2D eigenvalue weighted by atomic mass is 32.2. The van der Waals surface area contributed by atoms with E-state index >= 15 is 0 Å². The first-order valence-electron chi connectivity index (χ1n) is 23.3. The van der Waals surface area contributed by atoms with Crippen molar-refractivity contribution in [1.29, 1.82) is 0 Å². The fraction of sp³-hybridized carbons (Fsp3) is 0.957. The van der Waals surface area contributed by atoms with Gasteiger partial charge in [0.15, 0.2) is 5.12 Å². The molecule has 0 rings (SSSR count). The minimum atomic E-state index is -0.0489. The Labute approximate surface area is 329 Å². The summed E-state index contributed by atoms with van der Waals surface area (Å²) in [5.41, 5.74) is 0. The van der Waals surface area contributed by atoms with Crippen molar-refractivity contribution in [2.24, 2.45) is 0 Å². The summed E-state index contributed by atoms with van der Waals surface area (Å²) < 4.78 is 5.45. The van der Waals surface area contributed by atoms with Gasteiger partial charge in [0.25, 0.3) is 0 Å². The Kier molecular flexibility index (Phi) is 42.7. The second-order valence-electron chi connectivity index (χ2n) is 15.9. The normalized spacial score (nSPS) is 11.7. The van der Waals surface area contributed by atoms with E-state index in [-0.39, 0.29) is 12.6 Å². The molecule has 0 atom stereocenters.